The Hall–Kier alpha value is -0.842. The van der Waals surface area contributed by atoms with E-state index < -0.39 is 47.7 Å². The maximum absolute atomic E-state index is 12.1. The number of esters is 1. The quantitative estimate of drug-likeness (QED) is 0.142. The monoisotopic (exact) mass is 530 g/mol. The Balaban J connectivity index is 6.43. The molecule has 0 amide bonds. The Labute approximate surface area is 194 Å². The maximum Gasteiger partial charge on any atom is 0.664 e. The fourth-order valence-electron chi connectivity index (χ4n) is 2.10. The van der Waals surface area contributed by atoms with E-state index in [9.17, 15) is 4.79 Å². The third-order valence-electron chi connectivity index (χ3n) is 4.02. The molecule has 0 aromatic carbocycles. The molecule has 0 rings (SSSR count). The van der Waals surface area contributed by atoms with Gasteiger partial charge in [0.05, 0.1) is 0 Å². The maximum atomic E-state index is 12.1. The van der Waals surface area contributed by atoms with Gasteiger partial charge in [0.2, 0.25) is 0 Å². The molecule has 12 nitrogen and oxygen atoms in total. The molecule has 0 bridgehead atoms. The van der Waals surface area contributed by atoms with Crippen LogP contribution in [0.5, 0.6) is 0 Å². The van der Waals surface area contributed by atoms with Gasteiger partial charge in [-0.05, 0) is 18.3 Å². The first kappa shape index (κ1) is 31.2. The lowest BCUT2D eigenvalue weighted by Crippen LogP contribution is -2.68. The van der Waals surface area contributed by atoms with Crippen LogP contribution in [0, 0.1) is 0 Å². The van der Waals surface area contributed by atoms with Gasteiger partial charge in [-0.3, -0.25) is 0 Å². The van der Waals surface area contributed by atoms with Crippen LogP contribution in [0.2, 0.25) is 0 Å². The number of rotatable bonds is 18. The second-order valence-electron chi connectivity index (χ2n) is 5.89. The van der Waals surface area contributed by atoms with Crippen LogP contribution in [0.3, 0.4) is 0 Å². The van der Waals surface area contributed by atoms with Crippen molar-refractivity contribution in [2.45, 2.75) is 6.92 Å². The standard InChI is InChI=1S/C16H34O12Si4/c1-12-29(18-5,19-6)26-31(22-9,14-25-16(17)15(3)4)28-32(23-10,24-11)27-30(13-2,20-7)21-8/h12-13H,1-3,14H2,4-11H3. The van der Waals surface area contributed by atoms with Crippen molar-refractivity contribution in [1.29, 1.82) is 0 Å². The van der Waals surface area contributed by atoms with Crippen LogP contribution >= 0.6 is 0 Å². The fraction of sp³-hybridized carbons (Fsp3) is 0.562. The smallest absolute Gasteiger partial charge is 0.458 e. The van der Waals surface area contributed by atoms with E-state index in [0.29, 0.717) is 0 Å². The molecule has 0 saturated carbocycles. The second kappa shape index (κ2) is 13.8. The molecular formula is C16H34O12Si4. The Morgan fingerprint density at radius 3 is 1.47 bits per heavy atom. The summed E-state index contributed by atoms with van der Waals surface area (Å²) in [6.45, 7) is 12.4. The normalized spacial score (nSPS) is 14.5. The van der Waals surface area contributed by atoms with E-state index >= 15 is 0 Å². The zero-order chi connectivity index (χ0) is 25.1. The summed E-state index contributed by atoms with van der Waals surface area (Å²) in [5.74, 6) is -0.696. The average molecular weight is 531 g/mol. The minimum atomic E-state index is -4.12. The third-order valence-corrected chi connectivity index (χ3v) is 16.2. The molecular weight excluding hydrogens is 497 g/mol. The van der Waals surface area contributed by atoms with E-state index in [-0.39, 0.29) is 5.57 Å². The molecule has 0 aliphatic carbocycles. The van der Waals surface area contributed by atoms with Gasteiger partial charge in [0.15, 0.2) is 6.23 Å². The Morgan fingerprint density at radius 2 is 1.16 bits per heavy atom. The highest BCUT2D eigenvalue weighted by molar-refractivity contribution is 6.83. The molecule has 0 spiro atoms. The topological polar surface area (TPSA) is 119 Å². The Morgan fingerprint density at radius 1 is 0.719 bits per heavy atom. The van der Waals surface area contributed by atoms with Crippen molar-refractivity contribution in [2.24, 2.45) is 0 Å². The van der Waals surface area contributed by atoms with E-state index in [0.717, 1.165) is 0 Å². The van der Waals surface area contributed by atoms with Gasteiger partial charge < -0.3 is 48.1 Å². The highest BCUT2D eigenvalue weighted by Gasteiger charge is 2.63. The van der Waals surface area contributed by atoms with Crippen LogP contribution in [-0.2, 0) is 52.9 Å². The molecule has 0 fully saturated rings. The highest BCUT2D eigenvalue weighted by Crippen LogP contribution is 2.27. The van der Waals surface area contributed by atoms with Gasteiger partial charge in [-0.25, -0.2) is 4.79 Å². The van der Waals surface area contributed by atoms with Crippen molar-refractivity contribution in [2.75, 3.05) is 56.0 Å². The number of ether oxygens (including phenoxy) is 1. The van der Waals surface area contributed by atoms with E-state index in [1.807, 2.05) is 0 Å². The molecule has 1 unspecified atom stereocenters. The summed E-state index contributed by atoms with van der Waals surface area (Å²) in [5, 5.41) is 0. The molecule has 0 heterocycles. The van der Waals surface area contributed by atoms with Gasteiger partial charge in [0, 0.05) is 55.3 Å². The molecule has 0 aliphatic rings. The van der Waals surface area contributed by atoms with Gasteiger partial charge in [-0.2, -0.15) is 0 Å². The first-order chi connectivity index (χ1) is 15.0. The minimum Gasteiger partial charge on any atom is -0.458 e. The molecule has 16 heteroatoms. The summed E-state index contributed by atoms with van der Waals surface area (Å²) in [7, 11) is -5.85. The zero-order valence-electron chi connectivity index (χ0n) is 19.9. The van der Waals surface area contributed by atoms with E-state index in [1.54, 1.807) is 0 Å². The molecule has 0 N–H and O–H groups in total. The predicted molar refractivity (Wildman–Crippen MR) is 122 cm³/mol. The summed E-state index contributed by atoms with van der Waals surface area (Å²) in [6.07, 6.45) is -0.474. The summed E-state index contributed by atoms with van der Waals surface area (Å²) >= 11 is 0. The predicted octanol–water partition coefficient (Wildman–Crippen LogP) is 0.922. The summed E-state index contributed by atoms with van der Waals surface area (Å²) in [5.41, 5.74) is 2.88. The first-order valence-corrected chi connectivity index (χ1v) is 16.2. The number of hydrogen-bond donors (Lipinski definition) is 0. The van der Waals surface area contributed by atoms with Crippen molar-refractivity contribution in [3.05, 3.63) is 36.7 Å². The minimum absolute atomic E-state index is 0.157. The first-order valence-electron chi connectivity index (χ1n) is 9.06. The molecule has 32 heavy (non-hydrogen) atoms. The summed E-state index contributed by atoms with van der Waals surface area (Å²) in [4.78, 5) is 12.1. The van der Waals surface area contributed by atoms with Crippen LogP contribution in [-0.4, -0.2) is 97.4 Å². The summed E-state index contributed by atoms with van der Waals surface area (Å²) < 4.78 is 61.7. The van der Waals surface area contributed by atoms with Crippen LogP contribution in [0.4, 0.5) is 0 Å². The highest BCUT2D eigenvalue weighted by atomic mass is 28.5. The second-order valence-corrected chi connectivity index (χ2v) is 17.1. The summed E-state index contributed by atoms with van der Waals surface area (Å²) in [6, 6.07) is 0. The van der Waals surface area contributed by atoms with Crippen LogP contribution in [0.15, 0.2) is 36.7 Å². The van der Waals surface area contributed by atoms with Crippen molar-refractivity contribution in [3.63, 3.8) is 0 Å². The lowest BCUT2D eigenvalue weighted by atomic mass is 10.4. The Kier molecular flexibility index (Phi) is 13.4. The molecule has 1 atom stereocenters. The van der Waals surface area contributed by atoms with E-state index in [2.05, 4.69) is 19.7 Å². The van der Waals surface area contributed by atoms with Gasteiger partial charge in [0.25, 0.3) is 0 Å². The van der Waals surface area contributed by atoms with Crippen LogP contribution in [0.25, 0.3) is 0 Å². The van der Waals surface area contributed by atoms with Crippen LogP contribution < -0.4 is 0 Å². The Bertz CT molecular complexity index is 637. The zero-order valence-corrected chi connectivity index (χ0v) is 23.9. The lowest BCUT2D eigenvalue weighted by Gasteiger charge is -2.40. The molecule has 0 radical (unpaired) electrons. The SMILES string of the molecule is C=C[Si](OC)(OC)O[Si](COC(=O)C(=C)C)(OC)O[Si](OC)(OC)O[Si](C=C)(OC)OC. The molecule has 0 saturated heterocycles. The van der Waals surface area contributed by atoms with Gasteiger partial charge in [-0.15, -0.1) is 0 Å². The van der Waals surface area contributed by atoms with Gasteiger partial charge >= 0.3 is 41.4 Å². The van der Waals surface area contributed by atoms with Crippen LogP contribution in [0.1, 0.15) is 6.92 Å². The molecule has 0 aliphatic heterocycles. The van der Waals surface area contributed by atoms with Gasteiger partial charge in [0.1, 0.15) is 0 Å². The number of carbonyl (C=O) groups is 1. The van der Waals surface area contributed by atoms with Gasteiger partial charge in [-0.1, -0.05) is 19.7 Å². The van der Waals surface area contributed by atoms with E-state index in [1.165, 1.54) is 68.1 Å². The molecule has 186 valence electrons. The lowest BCUT2D eigenvalue weighted by molar-refractivity contribution is -0.138. The third kappa shape index (κ3) is 7.88. The van der Waals surface area contributed by atoms with Crippen molar-refractivity contribution in [1.82, 2.24) is 0 Å². The van der Waals surface area contributed by atoms with E-state index in [4.69, 9.17) is 48.1 Å². The number of carbonyl (C=O) groups excluding carboxylic acids is 1. The molecule has 0 aromatic heterocycles. The van der Waals surface area contributed by atoms with Crippen molar-refractivity contribution >= 4 is 41.4 Å². The van der Waals surface area contributed by atoms with Crippen molar-refractivity contribution in [3.8, 4) is 0 Å². The number of hydrogen-bond acceptors (Lipinski definition) is 12. The largest absolute Gasteiger partial charge is 0.664 e. The fourth-order valence-corrected chi connectivity index (χ4v) is 13.9. The molecule has 0 aromatic rings. The van der Waals surface area contributed by atoms with Crippen molar-refractivity contribution < 1.29 is 52.9 Å². The average Bonchev–Trinajstić information content (AvgIpc) is 2.83.